The van der Waals surface area contributed by atoms with Gasteiger partial charge in [0.2, 0.25) is 0 Å². The highest BCUT2D eigenvalue weighted by atomic mass is 35.5. The highest BCUT2D eigenvalue weighted by Gasteiger charge is 2.06. The Hall–Kier alpha value is -1.52. The summed E-state index contributed by atoms with van der Waals surface area (Å²) in [6, 6.07) is 5.33. The molecule has 1 atom stereocenters. The highest BCUT2D eigenvalue weighted by molar-refractivity contribution is 6.32. The maximum Gasteiger partial charge on any atom is 0.137 e. The Morgan fingerprint density at radius 2 is 2.26 bits per heavy atom. The number of aryl methyl sites for hydroxylation is 1. The molecule has 0 unspecified atom stereocenters. The third kappa shape index (κ3) is 3.72. The van der Waals surface area contributed by atoms with E-state index in [-0.39, 0.29) is 0 Å². The van der Waals surface area contributed by atoms with Crippen LogP contribution in [0.15, 0.2) is 30.6 Å². The third-order valence-corrected chi connectivity index (χ3v) is 3.14. The van der Waals surface area contributed by atoms with Gasteiger partial charge in [-0.25, -0.2) is 0 Å². The van der Waals surface area contributed by atoms with Gasteiger partial charge in [-0.1, -0.05) is 17.7 Å². The molecule has 0 aliphatic carbocycles. The van der Waals surface area contributed by atoms with Crippen LogP contribution in [0.2, 0.25) is 5.02 Å². The summed E-state index contributed by atoms with van der Waals surface area (Å²) >= 11 is 6.11. The molecule has 4 nitrogen and oxygen atoms in total. The lowest BCUT2D eigenvalue weighted by atomic mass is 10.1. The molecule has 2 aromatic rings. The van der Waals surface area contributed by atoms with E-state index in [1.54, 1.807) is 23.7 Å². The van der Waals surface area contributed by atoms with Gasteiger partial charge >= 0.3 is 0 Å². The molecule has 0 aliphatic heterocycles. The van der Waals surface area contributed by atoms with Gasteiger partial charge in [-0.2, -0.15) is 5.10 Å². The van der Waals surface area contributed by atoms with E-state index in [0.29, 0.717) is 17.4 Å². The number of aliphatic hydroxyl groups excluding tert-OH is 1. The van der Waals surface area contributed by atoms with Crippen molar-refractivity contribution in [3.63, 3.8) is 0 Å². The Labute approximate surface area is 117 Å². The van der Waals surface area contributed by atoms with Crippen LogP contribution < -0.4 is 4.74 Å². The lowest BCUT2D eigenvalue weighted by Crippen LogP contribution is -2.02. The molecule has 19 heavy (non-hydrogen) atoms. The monoisotopic (exact) mass is 280 g/mol. The molecule has 0 radical (unpaired) electrons. The molecule has 2 rings (SSSR count). The second-order valence-electron chi connectivity index (χ2n) is 4.49. The zero-order valence-corrected chi connectivity index (χ0v) is 11.8. The van der Waals surface area contributed by atoms with Crippen molar-refractivity contribution in [2.75, 3.05) is 6.61 Å². The van der Waals surface area contributed by atoms with Crippen molar-refractivity contribution in [2.45, 2.75) is 19.4 Å². The molecule has 0 fully saturated rings. The fraction of sp³-hybridized carbons (Fsp3) is 0.357. The van der Waals surface area contributed by atoms with Gasteiger partial charge in [0.1, 0.15) is 5.75 Å². The molecule has 0 saturated heterocycles. The van der Waals surface area contributed by atoms with Crippen molar-refractivity contribution in [1.82, 2.24) is 9.78 Å². The van der Waals surface area contributed by atoms with Crippen LogP contribution in [0, 0.1) is 0 Å². The summed E-state index contributed by atoms with van der Waals surface area (Å²) in [6.45, 7) is 2.24. The summed E-state index contributed by atoms with van der Waals surface area (Å²) in [4.78, 5) is 0. The smallest absolute Gasteiger partial charge is 0.137 e. The Morgan fingerprint density at radius 1 is 1.47 bits per heavy atom. The van der Waals surface area contributed by atoms with Gasteiger partial charge in [-0.3, -0.25) is 4.68 Å². The van der Waals surface area contributed by atoms with Crippen LogP contribution >= 0.6 is 11.6 Å². The predicted octanol–water partition coefficient (Wildman–Crippen LogP) is 2.75. The molecule has 0 saturated carbocycles. The van der Waals surface area contributed by atoms with E-state index in [2.05, 4.69) is 5.10 Å². The minimum atomic E-state index is -0.526. The summed E-state index contributed by atoms with van der Waals surface area (Å²) in [5.74, 6) is 0.634. The zero-order chi connectivity index (χ0) is 13.8. The molecule has 0 amide bonds. The molecule has 0 bridgehead atoms. The van der Waals surface area contributed by atoms with Crippen LogP contribution in [0.3, 0.4) is 0 Å². The van der Waals surface area contributed by atoms with Crippen LogP contribution in [0.1, 0.15) is 24.2 Å². The van der Waals surface area contributed by atoms with E-state index >= 15 is 0 Å². The second kappa shape index (κ2) is 6.08. The number of nitrogens with zero attached hydrogens (tertiary/aromatic N) is 2. The van der Waals surface area contributed by atoms with Gasteiger partial charge in [0.15, 0.2) is 0 Å². The standard InChI is InChI=1S/C14H17ClN2O2/c1-10(18)12-3-4-14(13(15)7-12)19-6-5-11-8-16-17(2)9-11/h3-4,7-10,18H,5-6H2,1-2H3/t10-/m0/s1. The van der Waals surface area contributed by atoms with E-state index in [4.69, 9.17) is 16.3 Å². The Morgan fingerprint density at radius 3 is 2.84 bits per heavy atom. The van der Waals surface area contributed by atoms with Gasteiger partial charge < -0.3 is 9.84 Å². The molecule has 0 aliphatic rings. The predicted molar refractivity (Wildman–Crippen MR) is 74.5 cm³/mol. The number of aromatic nitrogens is 2. The fourth-order valence-electron chi connectivity index (χ4n) is 1.77. The van der Waals surface area contributed by atoms with Gasteiger partial charge in [0, 0.05) is 19.7 Å². The molecule has 1 heterocycles. The number of rotatable bonds is 5. The van der Waals surface area contributed by atoms with Gasteiger partial charge in [-0.05, 0) is 30.2 Å². The third-order valence-electron chi connectivity index (χ3n) is 2.84. The van der Waals surface area contributed by atoms with E-state index in [1.165, 1.54) is 0 Å². The number of ether oxygens (including phenoxy) is 1. The largest absolute Gasteiger partial charge is 0.492 e. The van der Waals surface area contributed by atoms with E-state index in [0.717, 1.165) is 17.5 Å². The Kier molecular flexibility index (Phi) is 4.45. The maximum atomic E-state index is 9.46. The summed E-state index contributed by atoms with van der Waals surface area (Å²) < 4.78 is 7.40. The average Bonchev–Trinajstić information content (AvgIpc) is 2.77. The molecule has 1 aromatic heterocycles. The molecule has 1 N–H and O–H groups in total. The molecule has 102 valence electrons. The van der Waals surface area contributed by atoms with Crippen molar-refractivity contribution >= 4 is 11.6 Å². The van der Waals surface area contributed by atoms with Crippen molar-refractivity contribution in [3.05, 3.63) is 46.7 Å². The molecule has 5 heteroatoms. The van der Waals surface area contributed by atoms with Crippen molar-refractivity contribution < 1.29 is 9.84 Å². The average molecular weight is 281 g/mol. The van der Waals surface area contributed by atoms with Crippen molar-refractivity contribution in [2.24, 2.45) is 7.05 Å². The lowest BCUT2D eigenvalue weighted by molar-refractivity contribution is 0.199. The van der Waals surface area contributed by atoms with Crippen LogP contribution in [-0.2, 0) is 13.5 Å². The normalized spacial score (nSPS) is 12.4. The fourth-order valence-corrected chi connectivity index (χ4v) is 2.02. The topological polar surface area (TPSA) is 47.3 Å². The van der Waals surface area contributed by atoms with Crippen molar-refractivity contribution in [3.8, 4) is 5.75 Å². The minimum absolute atomic E-state index is 0.518. The van der Waals surface area contributed by atoms with E-state index in [9.17, 15) is 5.11 Å². The Bertz CT molecular complexity index is 552. The van der Waals surface area contributed by atoms with Crippen LogP contribution in [0.25, 0.3) is 0 Å². The summed E-state index contributed by atoms with van der Waals surface area (Å²) in [5, 5.41) is 14.1. The second-order valence-corrected chi connectivity index (χ2v) is 4.89. The maximum absolute atomic E-state index is 9.46. The van der Waals surface area contributed by atoms with Crippen LogP contribution in [0.5, 0.6) is 5.75 Å². The number of halogens is 1. The summed E-state index contributed by atoms with van der Waals surface area (Å²) in [7, 11) is 1.88. The number of hydrogen-bond donors (Lipinski definition) is 1. The van der Waals surface area contributed by atoms with Crippen molar-refractivity contribution in [1.29, 1.82) is 0 Å². The van der Waals surface area contributed by atoms with Gasteiger partial charge in [0.25, 0.3) is 0 Å². The van der Waals surface area contributed by atoms with E-state index < -0.39 is 6.10 Å². The zero-order valence-electron chi connectivity index (χ0n) is 11.0. The quantitative estimate of drug-likeness (QED) is 0.916. The Balaban J connectivity index is 1.92. The number of benzene rings is 1. The summed E-state index contributed by atoms with van der Waals surface area (Å²) in [5.41, 5.74) is 1.91. The highest BCUT2D eigenvalue weighted by Crippen LogP contribution is 2.27. The van der Waals surface area contributed by atoms with Gasteiger partial charge in [-0.15, -0.1) is 0 Å². The molecular formula is C14H17ClN2O2. The lowest BCUT2D eigenvalue weighted by Gasteiger charge is -2.10. The van der Waals surface area contributed by atoms with Crippen LogP contribution in [0.4, 0.5) is 0 Å². The molecule has 1 aromatic carbocycles. The number of hydrogen-bond acceptors (Lipinski definition) is 3. The first-order valence-electron chi connectivity index (χ1n) is 6.14. The molecular weight excluding hydrogens is 264 g/mol. The molecule has 0 spiro atoms. The number of aliphatic hydroxyl groups is 1. The van der Waals surface area contributed by atoms with Gasteiger partial charge in [0.05, 0.1) is 23.9 Å². The van der Waals surface area contributed by atoms with E-state index in [1.807, 2.05) is 25.5 Å². The first kappa shape index (κ1) is 13.9. The summed E-state index contributed by atoms with van der Waals surface area (Å²) in [6.07, 6.45) is 4.03. The first-order valence-corrected chi connectivity index (χ1v) is 6.52. The van der Waals surface area contributed by atoms with Crippen LogP contribution in [-0.4, -0.2) is 21.5 Å². The minimum Gasteiger partial charge on any atom is -0.492 e. The SMILES string of the molecule is C[C@H](O)c1ccc(OCCc2cnn(C)c2)c(Cl)c1. The first-order chi connectivity index (χ1) is 9.06.